The molecule has 0 saturated carbocycles. The predicted octanol–water partition coefficient (Wildman–Crippen LogP) is 0.302. The molecule has 0 N–H and O–H groups in total. The summed E-state index contributed by atoms with van der Waals surface area (Å²) >= 11 is 0. The Hall–Kier alpha value is -2.84. The van der Waals surface area contributed by atoms with Crippen molar-refractivity contribution in [3.05, 3.63) is 22.5 Å². The molecule has 142 valence electrons. The lowest BCUT2D eigenvalue weighted by molar-refractivity contribution is -0.150. The molecule has 26 heavy (non-hydrogen) atoms. The average molecular weight is 367 g/mol. The first kappa shape index (κ1) is 19.5. The number of hydrogen-bond acceptors (Lipinski definition) is 9. The summed E-state index contributed by atoms with van der Waals surface area (Å²) in [6, 6.07) is 0. The van der Waals surface area contributed by atoms with Crippen LogP contribution in [0.1, 0.15) is 19.3 Å². The maximum absolute atomic E-state index is 12.5. The average Bonchev–Trinajstić information content (AvgIpc) is 2.69. The first-order chi connectivity index (χ1) is 12.4. The first-order valence-corrected chi connectivity index (χ1v) is 8.00. The second kappa shape index (κ2) is 8.03. The Bertz CT molecular complexity index is 706. The topological polar surface area (TPSA) is 108 Å². The molecule has 0 spiro atoms. The van der Waals surface area contributed by atoms with Crippen LogP contribution < -0.4 is 0 Å². The third-order valence-electron chi connectivity index (χ3n) is 4.41. The lowest BCUT2D eigenvalue weighted by atomic mass is 9.81. The van der Waals surface area contributed by atoms with E-state index in [-0.39, 0.29) is 16.8 Å². The van der Waals surface area contributed by atoms with E-state index in [1.165, 1.54) is 19.1 Å². The molecule has 2 aliphatic rings. The molecular weight excluding hydrogens is 346 g/mol. The van der Waals surface area contributed by atoms with Crippen LogP contribution in [0, 0.1) is 5.92 Å². The van der Waals surface area contributed by atoms with Crippen molar-refractivity contribution in [1.82, 2.24) is 4.90 Å². The highest BCUT2D eigenvalue weighted by Crippen LogP contribution is 2.41. The zero-order valence-electron chi connectivity index (χ0n) is 15.1. The van der Waals surface area contributed by atoms with Gasteiger partial charge in [0.1, 0.15) is 11.6 Å². The summed E-state index contributed by atoms with van der Waals surface area (Å²) in [5.41, 5.74) is 0.0213. The zero-order valence-corrected chi connectivity index (χ0v) is 15.1. The van der Waals surface area contributed by atoms with Crippen LogP contribution in [0.15, 0.2) is 22.5 Å². The van der Waals surface area contributed by atoms with Crippen LogP contribution >= 0.6 is 0 Å². The van der Waals surface area contributed by atoms with Crippen LogP contribution in [0.3, 0.4) is 0 Å². The fraction of sp³-hybridized carbons (Fsp3) is 0.529. The van der Waals surface area contributed by atoms with E-state index in [1.54, 1.807) is 0 Å². The summed E-state index contributed by atoms with van der Waals surface area (Å²) in [7, 11) is 4.59. The van der Waals surface area contributed by atoms with Crippen LogP contribution in [0.25, 0.3) is 0 Å². The van der Waals surface area contributed by atoms with Crippen molar-refractivity contribution in [3.63, 3.8) is 0 Å². The molecule has 0 bridgehead atoms. The maximum Gasteiger partial charge on any atom is 0.355 e. The number of carbonyl (C=O) groups is 4. The second-order valence-corrected chi connectivity index (χ2v) is 5.66. The first-order valence-electron chi connectivity index (χ1n) is 8.00. The molecule has 0 aromatic rings. The van der Waals surface area contributed by atoms with Gasteiger partial charge in [-0.2, -0.15) is 0 Å². The zero-order chi connectivity index (χ0) is 19.4. The largest absolute Gasteiger partial charge is 0.468 e. The smallest absolute Gasteiger partial charge is 0.355 e. The van der Waals surface area contributed by atoms with Gasteiger partial charge < -0.3 is 23.8 Å². The molecule has 1 fully saturated rings. The highest BCUT2D eigenvalue weighted by Gasteiger charge is 2.48. The monoisotopic (exact) mass is 367 g/mol. The Labute approximate surface area is 150 Å². The fourth-order valence-corrected chi connectivity index (χ4v) is 3.29. The lowest BCUT2D eigenvalue weighted by Gasteiger charge is -2.40. The lowest BCUT2D eigenvalue weighted by Crippen LogP contribution is -2.44. The number of ether oxygens (including phenoxy) is 4. The number of allylic oxidation sites excluding steroid dienone is 1. The van der Waals surface area contributed by atoms with Gasteiger partial charge in [-0.3, -0.25) is 4.79 Å². The number of hydrogen-bond donors (Lipinski definition) is 0. The van der Waals surface area contributed by atoms with Gasteiger partial charge in [-0.15, -0.1) is 0 Å². The molecule has 0 aromatic carbocycles. The fourth-order valence-electron chi connectivity index (χ4n) is 3.29. The number of esters is 4. The van der Waals surface area contributed by atoms with Crippen LogP contribution in [0.5, 0.6) is 0 Å². The molecule has 2 aliphatic heterocycles. The number of methoxy groups -OCH3 is 4. The van der Waals surface area contributed by atoms with Gasteiger partial charge in [-0.05, 0) is 19.3 Å². The molecular formula is C17H21NO8. The van der Waals surface area contributed by atoms with Crippen molar-refractivity contribution in [2.75, 3.05) is 35.0 Å². The third kappa shape index (κ3) is 3.16. The number of fused-ring (bicyclic) bond motifs is 1. The van der Waals surface area contributed by atoms with Gasteiger partial charge in [0.15, 0.2) is 0 Å². The van der Waals surface area contributed by atoms with Crippen molar-refractivity contribution in [2.45, 2.75) is 19.3 Å². The van der Waals surface area contributed by atoms with Gasteiger partial charge in [-0.1, -0.05) is 0 Å². The van der Waals surface area contributed by atoms with Crippen LogP contribution in [-0.2, 0) is 38.1 Å². The van der Waals surface area contributed by atoms with E-state index < -0.39 is 29.8 Å². The van der Waals surface area contributed by atoms with E-state index in [0.29, 0.717) is 18.7 Å². The minimum atomic E-state index is -1.43. The van der Waals surface area contributed by atoms with Crippen molar-refractivity contribution in [1.29, 1.82) is 0 Å². The Balaban J connectivity index is 2.83. The number of carbonyl (C=O) groups excluding carboxylic acids is 4. The van der Waals surface area contributed by atoms with Gasteiger partial charge in [0, 0.05) is 12.2 Å². The Morgan fingerprint density at radius 1 is 0.808 bits per heavy atom. The summed E-state index contributed by atoms with van der Waals surface area (Å²) in [5.74, 6) is -4.80. The molecule has 1 atom stereocenters. The van der Waals surface area contributed by atoms with Crippen molar-refractivity contribution in [2.24, 2.45) is 5.92 Å². The molecule has 0 aliphatic carbocycles. The summed E-state index contributed by atoms with van der Waals surface area (Å²) in [6.45, 7) is 0.384. The van der Waals surface area contributed by atoms with Crippen LogP contribution in [-0.4, -0.2) is 63.8 Å². The summed E-state index contributed by atoms with van der Waals surface area (Å²) in [4.78, 5) is 51.4. The predicted molar refractivity (Wildman–Crippen MR) is 86.2 cm³/mol. The highest BCUT2D eigenvalue weighted by atomic mass is 16.5. The molecule has 0 amide bonds. The maximum atomic E-state index is 12.5. The van der Waals surface area contributed by atoms with E-state index in [1.807, 2.05) is 0 Å². The molecule has 2 heterocycles. The Kier molecular flexibility index (Phi) is 6.01. The molecule has 9 heteroatoms. The van der Waals surface area contributed by atoms with Crippen LogP contribution in [0.2, 0.25) is 0 Å². The normalized spacial score (nSPS) is 19.5. The molecule has 1 saturated heterocycles. The van der Waals surface area contributed by atoms with E-state index in [2.05, 4.69) is 0 Å². The molecule has 9 nitrogen and oxygen atoms in total. The van der Waals surface area contributed by atoms with E-state index in [9.17, 15) is 19.2 Å². The SMILES string of the molecule is COC(=O)C1=C2CCCCN2C(C(=O)OC)=C(C(=O)OC)[C@H]1C(=O)OC. The molecule has 2 rings (SSSR count). The van der Waals surface area contributed by atoms with Gasteiger partial charge >= 0.3 is 23.9 Å². The van der Waals surface area contributed by atoms with Crippen LogP contribution in [0.4, 0.5) is 0 Å². The number of nitrogens with zero attached hydrogens (tertiary/aromatic N) is 1. The van der Waals surface area contributed by atoms with E-state index in [0.717, 1.165) is 27.1 Å². The van der Waals surface area contributed by atoms with E-state index >= 15 is 0 Å². The summed E-state index contributed by atoms with van der Waals surface area (Å²) < 4.78 is 19.2. The van der Waals surface area contributed by atoms with Gasteiger partial charge in [0.05, 0.1) is 39.6 Å². The standard InChI is InChI=1S/C17H21NO8/c1-23-14(19)10-9-7-5-6-8-18(9)13(17(22)26-4)12(16(21)25-3)11(10)15(20)24-2/h11H,5-8H2,1-4H3/t11-/m0/s1. The van der Waals surface area contributed by atoms with Crippen molar-refractivity contribution < 1.29 is 38.1 Å². The Morgan fingerprint density at radius 3 is 1.92 bits per heavy atom. The van der Waals surface area contributed by atoms with E-state index in [4.69, 9.17) is 18.9 Å². The molecule has 0 aromatic heterocycles. The molecule has 0 unspecified atom stereocenters. The van der Waals surface area contributed by atoms with Crippen molar-refractivity contribution in [3.8, 4) is 0 Å². The van der Waals surface area contributed by atoms with Gasteiger partial charge in [-0.25, -0.2) is 14.4 Å². The highest BCUT2D eigenvalue weighted by molar-refractivity contribution is 6.10. The number of rotatable bonds is 4. The second-order valence-electron chi connectivity index (χ2n) is 5.66. The minimum absolute atomic E-state index is 0.0212. The van der Waals surface area contributed by atoms with Gasteiger partial charge in [0.25, 0.3) is 0 Å². The third-order valence-corrected chi connectivity index (χ3v) is 4.41. The number of piperidine rings is 1. The quantitative estimate of drug-likeness (QED) is 0.512. The Morgan fingerprint density at radius 2 is 1.38 bits per heavy atom. The minimum Gasteiger partial charge on any atom is -0.468 e. The van der Waals surface area contributed by atoms with Gasteiger partial charge in [0.2, 0.25) is 0 Å². The molecule has 0 radical (unpaired) electrons. The van der Waals surface area contributed by atoms with Crippen molar-refractivity contribution >= 4 is 23.9 Å². The summed E-state index contributed by atoms with van der Waals surface area (Å²) in [5, 5.41) is 0. The summed E-state index contributed by atoms with van der Waals surface area (Å²) in [6.07, 6.45) is 1.92.